The van der Waals surface area contributed by atoms with Crippen molar-refractivity contribution in [2.24, 2.45) is 0 Å². The fourth-order valence-corrected chi connectivity index (χ4v) is 3.39. The van der Waals surface area contributed by atoms with Crippen molar-refractivity contribution in [3.63, 3.8) is 0 Å². The van der Waals surface area contributed by atoms with Gasteiger partial charge in [0.2, 0.25) is 0 Å². The first-order chi connectivity index (χ1) is 13.7. The van der Waals surface area contributed by atoms with Crippen molar-refractivity contribution < 1.29 is 22.7 Å². The zero-order valence-electron chi connectivity index (χ0n) is 15.7. The van der Waals surface area contributed by atoms with Crippen LogP contribution in [0.25, 0.3) is 10.9 Å². The molecular weight excluding hydrogens is 385 g/mol. The normalized spacial score (nSPS) is 17.6. The molecule has 1 aliphatic rings. The van der Waals surface area contributed by atoms with Gasteiger partial charge < -0.3 is 15.0 Å². The third-order valence-electron chi connectivity index (χ3n) is 5.02. The predicted octanol–water partition coefficient (Wildman–Crippen LogP) is 3.66. The summed E-state index contributed by atoms with van der Waals surface area (Å²) in [7, 11) is 1.64. The van der Waals surface area contributed by atoms with Gasteiger partial charge in [-0.1, -0.05) is 6.07 Å². The minimum absolute atomic E-state index is 0.146. The number of anilines is 1. The Morgan fingerprint density at radius 3 is 2.86 bits per heavy atom. The number of carbonyl (C=O) groups is 1. The summed E-state index contributed by atoms with van der Waals surface area (Å²) in [5, 5.41) is 10.7. The van der Waals surface area contributed by atoms with E-state index in [9.17, 15) is 18.0 Å². The smallest absolute Gasteiger partial charge is 0.416 e. The van der Waals surface area contributed by atoms with E-state index in [0.29, 0.717) is 5.69 Å². The van der Waals surface area contributed by atoms with E-state index in [4.69, 9.17) is 4.74 Å². The molecule has 2 heterocycles. The Morgan fingerprint density at radius 2 is 2.10 bits per heavy atom. The summed E-state index contributed by atoms with van der Waals surface area (Å²) >= 11 is 0. The fraction of sp³-hybridized carbons (Fsp3) is 0.300. The number of aromatic nitrogens is 2. The number of nitrogens with one attached hydrogen (secondary N) is 2. The maximum Gasteiger partial charge on any atom is 0.416 e. The van der Waals surface area contributed by atoms with Crippen LogP contribution in [0.3, 0.4) is 0 Å². The second-order valence-corrected chi connectivity index (χ2v) is 7.11. The van der Waals surface area contributed by atoms with Crippen molar-refractivity contribution in [1.82, 2.24) is 15.5 Å². The van der Waals surface area contributed by atoms with Gasteiger partial charge in [-0.3, -0.25) is 9.89 Å². The van der Waals surface area contributed by atoms with Crippen molar-refractivity contribution in [3.05, 3.63) is 53.7 Å². The number of ether oxygens (including phenoxy) is 1. The molecule has 2 atom stereocenters. The highest BCUT2D eigenvalue weighted by atomic mass is 19.4. The van der Waals surface area contributed by atoms with Crippen LogP contribution in [0, 0.1) is 0 Å². The largest absolute Gasteiger partial charge is 0.477 e. The summed E-state index contributed by atoms with van der Waals surface area (Å²) in [6.07, 6.45) is -3.56. The molecule has 0 bridgehead atoms. The van der Waals surface area contributed by atoms with Crippen LogP contribution in [0.15, 0.2) is 42.6 Å². The maximum absolute atomic E-state index is 12.9. The number of H-pyrrole nitrogens is 1. The SMILES string of the molecule is CC(NC(=O)C1CN(C)c2cc(C(F)(F)F)ccc2O1)c1ccc2[nH]ncc2c1. The van der Waals surface area contributed by atoms with Crippen LogP contribution >= 0.6 is 0 Å². The first-order valence-electron chi connectivity index (χ1n) is 9.05. The van der Waals surface area contributed by atoms with Crippen LogP contribution in [0.5, 0.6) is 5.75 Å². The first kappa shape index (κ1) is 19.1. The van der Waals surface area contributed by atoms with E-state index in [2.05, 4.69) is 15.5 Å². The first-order valence-corrected chi connectivity index (χ1v) is 9.05. The molecule has 0 aliphatic carbocycles. The lowest BCUT2D eigenvalue weighted by atomic mass is 10.1. The van der Waals surface area contributed by atoms with Crippen molar-refractivity contribution >= 4 is 22.5 Å². The lowest BCUT2D eigenvalue weighted by Crippen LogP contribution is -2.48. The third-order valence-corrected chi connectivity index (χ3v) is 5.02. The summed E-state index contributed by atoms with van der Waals surface area (Å²) < 4.78 is 44.5. The predicted molar refractivity (Wildman–Crippen MR) is 102 cm³/mol. The fourth-order valence-electron chi connectivity index (χ4n) is 3.39. The summed E-state index contributed by atoms with van der Waals surface area (Å²) in [6.45, 7) is 2.00. The Morgan fingerprint density at radius 1 is 1.31 bits per heavy atom. The quantitative estimate of drug-likeness (QED) is 0.699. The van der Waals surface area contributed by atoms with Gasteiger partial charge in [0.1, 0.15) is 5.75 Å². The number of rotatable bonds is 3. The van der Waals surface area contributed by atoms with Gasteiger partial charge in [-0.05, 0) is 42.8 Å². The molecule has 2 unspecified atom stereocenters. The van der Waals surface area contributed by atoms with Gasteiger partial charge in [-0.25, -0.2) is 0 Å². The highest BCUT2D eigenvalue weighted by Gasteiger charge is 2.35. The van der Waals surface area contributed by atoms with E-state index >= 15 is 0 Å². The molecule has 152 valence electrons. The monoisotopic (exact) mass is 404 g/mol. The Bertz CT molecular complexity index is 1060. The van der Waals surface area contributed by atoms with Crippen LogP contribution in [-0.2, 0) is 11.0 Å². The number of amides is 1. The third kappa shape index (κ3) is 3.72. The van der Waals surface area contributed by atoms with E-state index in [0.717, 1.165) is 28.6 Å². The molecule has 6 nitrogen and oxygen atoms in total. The second kappa shape index (κ2) is 6.98. The molecule has 9 heteroatoms. The number of hydrogen-bond acceptors (Lipinski definition) is 4. The number of carbonyl (C=O) groups excluding carboxylic acids is 1. The van der Waals surface area contributed by atoms with Crippen molar-refractivity contribution in [2.45, 2.75) is 25.2 Å². The lowest BCUT2D eigenvalue weighted by molar-refractivity contribution is -0.137. The minimum Gasteiger partial charge on any atom is -0.477 e. The Balaban J connectivity index is 1.48. The van der Waals surface area contributed by atoms with Crippen molar-refractivity contribution in [3.8, 4) is 5.75 Å². The summed E-state index contributed by atoms with van der Waals surface area (Å²) in [6, 6.07) is 8.69. The minimum atomic E-state index is -4.43. The average molecular weight is 404 g/mol. The molecule has 29 heavy (non-hydrogen) atoms. The van der Waals surface area contributed by atoms with E-state index < -0.39 is 17.8 Å². The number of halogens is 3. The molecule has 2 N–H and O–H groups in total. The van der Waals surface area contributed by atoms with Crippen molar-refractivity contribution in [2.75, 3.05) is 18.5 Å². The number of aromatic amines is 1. The molecule has 4 rings (SSSR count). The molecule has 0 saturated carbocycles. The standard InChI is InChI=1S/C20H19F3N4O2/c1-11(12-3-5-15-13(7-12)9-24-26-15)25-19(28)18-10-27(2)16-8-14(20(21,22)23)4-6-17(16)29-18/h3-9,11,18H,10H2,1-2H3,(H,24,26)(H,25,28). The number of alkyl halides is 3. The van der Waals surface area contributed by atoms with Gasteiger partial charge in [-0.2, -0.15) is 18.3 Å². The zero-order chi connectivity index (χ0) is 20.8. The number of likely N-dealkylation sites (N-methyl/N-ethyl adjacent to an activating group) is 1. The molecule has 0 fully saturated rings. The number of hydrogen-bond donors (Lipinski definition) is 2. The molecule has 0 spiro atoms. The van der Waals surface area contributed by atoms with Crippen LogP contribution in [0.1, 0.15) is 24.1 Å². The second-order valence-electron chi connectivity index (χ2n) is 7.11. The Labute approximate surface area is 164 Å². The molecule has 1 aliphatic heterocycles. The molecule has 2 aromatic carbocycles. The molecule has 1 aromatic heterocycles. The van der Waals surface area contributed by atoms with E-state index in [-0.39, 0.29) is 24.2 Å². The summed E-state index contributed by atoms with van der Waals surface area (Å²) in [5.41, 5.74) is 1.37. The highest BCUT2D eigenvalue weighted by Crippen LogP contribution is 2.38. The van der Waals surface area contributed by atoms with Crippen LogP contribution in [0.4, 0.5) is 18.9 Å². The lowest BCUT2D eigenvalue weighted by Gasteiger charge is -2.34. The van der Waals surface area contributed by atoms with Gasteiger partial charge in [0, 0.05) is 12.4 Å². The zero-order valence-corrected chi connectivity index (χ0v) is 15.7. The number of fused-ring (bicyclic) bond motifs is 2. The van der Waals surface area contributed by atoms with Gasteiger partial charge in [0.25, 0.3) is 5.91 Å². The highest BCUT2D eigenvalue weighted by molar-refractivity contribution is 5.84. The molecular formula is C20H19F3N4O2. The number of nitrogens with zero attached hydrogens (tertiary/aromatic N) is 2. The van der Waals surface area contributed by atoms with E-state index in [1.165, 1.54) is 6.07 Å². The Kier molecular flexibility index (Phi) is 4.60. The average Bonchev–Trinajstić information content (AvgIpc) is 3.14. The maximum atomic E-state index is 12.9. The van der Waals surface area contributed by atoms with Crippen LogP contribution < -0.4 is 15.0 Å². The van der Waals surface area contributed by atoms with Gasteiger partial charge in [0.05, 0.1) is 35.6 Å². The van der Waals surface area contributed by atoms with E-state index in [1.54, 1.807) is 18.1 Å². The van der Waals surface area contributed by atoms with Gasteiger partial charge in [-0.15, -0.1) is 0 Å². The molecule has 3 aromatic rings. The molecule has 0 saturated heterocycles. The topological polar surface area (TPSA) is 70.2 Å². The van der Waals surface area contributed by atoms with Crippen molar-refractivity contribution in [1.29, 1.82) is 0 Å². The Hall–Kier alpha value is -3.23. The number of benzene rings is 2. The molecule has 0 radical (unpaired) electrons. The van der Waals surface area contributed by atoms with E-state index in [1.807, 2.05) is 25.1 Å². The van der Waals surface area contributed by atoms with Gasteiger partial charge >= 0.3 is 6.18 Å². The molecule has 1 amide bonds. The summed E-state index contributed by atoms with van der Waals surface area (Å²) in [4.78, 5) is 14.3. The van der Waals surface area contributed by atoms with Gasteiger partial charge in [0.15, 0.2) is 6.10 Å². The van der Waals surface area contributed by atoms with Crippen LogP contribution in [-0.4, -0.2) is 35.8 Å². The van der Waals surface area contributed by atoms with Crippen LogP contribution in [0.2, 0.25) is 0 Å². The summed E-state index contributed by atoms with van der Waals surface area (Å²) in [5.74, 6) is -0.0819.